The molecule has 2 N–H and O–H groups in total. The Balaban J connectivity index is 2.01. The minimum Gasteiger partial charge on any atom is -0.481 e. The topological polar surface area (TPSA) is 69.6 Å². The Morgan fingerprint density at radius 2 is 2.19 bits per heavy atom. The molecule has 16 heavy (non-hydrogen) atoms. The van der Waals surface area contributed by atoms with E-state index in [1.54, 1.807) is 0 Å². The lowest BCUT2D eigenvalue weighted by atomic mass is 9.89. The summed E-state index contributed by atoms with van der Waals surface area (Å²) in [7, 11) is 1.81. The molecule has 2 fully saturated rings. The van der Waals surface area contributed by atoms with E-state index >= 15 is 0 Å². The first-order chi connectivity index (χ1) is 7.65. The molecule has 5 nitrogen and oxygen atoms in total. The molecular formula is C11H18N2O3. The van der Waals surface area contributed by atoms with Crippen LogP contribution in [0.1, 0.15) is 25.7 Å². The molecule has 0 aliphatic carbocycles. The smallest absolute Gasteiger partial charge is 0.308 e. The Hall–Kier alpha value is -1.10. The van der Waals surface area contributed by atoms with Crippen molar-refractivity contribution in [2.45, 2.75) is 37.8 Å². The van der Waals surface area contributed by atoms with E-state index in [2.05, 4.69) is 5.32 Å². The van der Waals surface area contributed by atoms with Gasteiger partial charge < -0.3 is 15.3 Å². The molecule has 1 amide bonds. The van der Waals surface area contributed by atoms with E-state index in [4.69, 9.17) is 5.11 Å². The Kier molecular flexibility index (Phi) is 3.14. The van der Waals surface area contributed by atoms with Crippen LogP contribution in [0, 0.1) is 5.92 Å². The molecule has 5 heteroatoms. The van der Waals surface area contributed by atoms with Crippen molar-refractivity contribution in [3.8, 4) is 0 Å². The second-order valence-electron chi connectivity index (χ2n) is 4.63. The van der Waals surface area contributed by atoms with Crippen molar-refractivity contribution in [3.63, 3.8) is 0 Å². The molecule has 2 aliphatic rings. The van der Waals surface area contributed by atoms with Crippen molar-refractivity contribution in [2.75, 3.05) is 13.6 Å². The van der Waals surface area contributed by atoms with E-state index in [1.807, 2.05) is 11.9 Å². The van der Waals surface area contributed by atoms with Gasteiger partial charge in [-0.05, 0) is 26.3 Å². The highest BCUT2D eigenvalue weighted by Gasteiger charge is 2.50. The van der Waals surface area contributed by atoms with Crippen molar-refractivity contribution in [1.82, 2.24) is 10.2 Å². The molecule has 0 aromatic carbocycles. The summed E-state index contributed by atoms with van der Waals surface area (Å²) >= 11 is 0. The quantitative estimate of drug-likeness (QED) is 0.711. The fourth-order valence-corrected chi connectivity index (χ4v) is 3.00. The zero-order chi connectivity index (χ0) is 11.7. The third kappa shape index (κ3) is 1.80. The van der Waals surface area contributed by atoms with Crippen LogP contribution >= 0.6 is 0 Å². The van der Waals surface area contributed by atoms with Crippen LogP contribution in [0.4, 0.5) is 0 Å². The SMILES string of the molecule is CNCCC(=O)N1C2CCC1C(C(=O)O)C2. The van der Waals surface area contributed by atoms with Gasteiger partial charge in [0.1, 0.15) is 0 Å². The summed E-state index contributed by atoms with van der Waals surface area (Å²) in [4.78, 5) is 24.8. The minimum absolute atomic E-state index is 0.0492. The van der Waals surface area contributed by atoms with Gasteiger partial charge in [-0.15, -0.1) is 0 Å². The van der Waals surface area contributed by atoms with Crippen LogP contribution in [-0.2, 0) is 9.59 Å². The second-order valence-corrected chi connectivity index (χ2v) is 4.63. The largest absolute Gasteiger partial charge is 0.481 e. The number of nitrogens with one attached hydrogen (secondary N) is 1. The molecule has 3 unspecified atom stereocenters. The molecular weight excluding hydrogens is 208 g/mol. The lowest BCUT2D eigenvalue weighted by Crippen LogP contribution is -2.38. The van der Waals surface area contributed by atoms with Crippen molar-refractivity contribution < 1.29 is 14.7 Å². The maximum absolute atomic E-state index is 11.9. The van der Waals surface area contributed by atoms with Crippen LogP contribution in [0.5, 0.6) is 0 Å². The van der Waals surface area contributed by atoms with Gasteiger partial charge in [0.25, 0.3) is 0 Å². The molecule has 0 aromatic heterocycles. The number of hydrogen-bond donors (Lipinski definition) is 2. The van der Waals surface area contributed by atoms with E-state index in [0.29, 0.717) is 19.4 Å². The summed E-state index contributed by atoms with van der Waals surface area (Å²) < 4.78 is 0. The number of amides is 1. The number of aliphatic carboxylic acids is 1. The highest BCUT2D eigenvalue weighted by molar-refractivity contribution is 5.80. The highest BCUT2D eigenvalue weighted by atomic mass is 16.4. The van der Waals surface area contributed by atoms with Crippen molar-refractivity contribution in [2.24, 2.45) is 5.92 Å². The number of carboxylic acid groups (broad SMARTS) is 1. The third-order valence-electron chi connectivity index (χ3n) is 3.73. The van der Waals surface area contributed by atoms with E-state index in [9.17, 15) is 9.59 Å². The number of nitrogens with zero attached hydrogens (tertiary/aromatic N) is 1. The number of carboxylic acids is 1. The number of carbonyl (C=O) groups is 2. The summed E-state index contributed by atoms with van der Waals surface area (Å²) in [6, 6.07) is 0.127. The Morgan fingerprint density at radius 3 is 2.75 bits per heavy atom. The van der Waals surface area contributed by atoms with E-state index in [0.717, 1.165) is 12.8 Å². The molecule has 0 spiro atoms. The van der Waals surface area contributed by atoms with Gasteiger partial charge in [0, 0.05) is 25.0 Å². The molecule has 2 heterocycles. The first-order valence-corrected chi connectivity index (χ1v) is 5.83. The normalized spacial score (nSPS) is 32.1. The minimum atomic E-state index is -0.751. The second kappa shape index (κ2) is 4.41. The van der Waals surface area contributed by atoms with Gasteiger partial charge in [0.05, 0.1) is 5.92 Å². The van der Waals surface area contributed by atoms with Crippen molar-refractivity contribution >= 4 is 11.9 Å². The van der Waals surface area contributed by atoms with Crippen LogP contribution in [0.25, 0.3) is 0 Å². The average Bonchev–Trinajstić information content (AvgIpc) is 2.82. The maximum Gasteiger partial charge on any atom is 0.308 e. The number of fused-ring (bicyclic) bond motifs is 2. The average molecular weight is 226 g/mol. The molecule has 0 saturated carbocycles. The fourth-order valence-electron chi connectivity index (χ4n) is 3.00. The Morgan fingerprint density at radius 1 is 1.44 bits per heavy atom. The van der Waals surface area contributed by atoms with Gasteiger partial charge in [-0.3, -0.25) is 9.59 Å². The van der Waals surface area contributed by atoms with E-state index in [1.165, 1.54) is 0 Å². The lowest BCUT2D eigenvalue weighted by Gasteiger charge is -2.23. The molecule has 2 aliphatic heterocycles. The Labute approximate surface area is 94.8 Å². The van der Waals surface area contributed by atoms with Gasteiger partial charge in [-0.25, -0.2) is 0 Å². The molecule has 0 aromatic rings. The molecule has 0 radical (unpaired) electrons. The van der Waals surface area contributed by atoms with Gasteiger partial charge in [0.2, 0.25) is 5.91 Å². The van der Waals surface area contributed by atoms with Gasteiger partial charge in [0.15, 0.2) is 0 Å². The van der Waals surface area contributed by atoms with Gasteiger partial charge in [-0.2, -0.15) is 0 Å². The number of hydrogen-bond acceptors (Lipinski definition) is 3. The zero-order valence-electron chi connectivity index (χ0n) is 9.48. The highest BCUT2D eigenvalue weighted by Crippen LogP contribution is 2.41. The monoisotopic (exact) mass is 226 g/mol. The first kappa shape index (κ1) is 11.4. The molecule has 2 saturated heterocycles. The Bertz CT molecular complexity index is 306. The van der Waals surface area contributed by atoms with Crippen LogP contribution in [0.3, 0.4) is 0 Å². The number of rotatable bonds is 4. The van der Waals surface area contributed by atoms with E-state index < -0.39 is 5.97 Å². The molecule has 3 atom stereocenters. The van der Waals surface area contributed by atoms with Gasteiger partial charge in [-0.1, -0.05) is 0 Å². The van der Waals surface area contributed by atoms with Crippen LogP contribution in [0.15, 0.2) is 0 Å². The standard InChI is InChI=1S/C11H18N2O3/c1-12-5-4-10(14)13-7-2-3-9(13)8(6-7)11(15)16/h7-9,12H,2-6H2,1H3,(H,15,16). The number of carbonyl (C=O) groups excluding carboxylic acids is 1. The summed E-state index contributed by atoms with van der Waals surface area (Å²) in [6.45, 7) is 0.659. The third-order valence-corrected chi connectivity index (χ3v) is 3.73. The van der Waals surface area contributed by atoms with Crippen LogP contribution in [0.2, 0.25) is 0 Å². The lowest BCUT2D eigenvalue weighted by molar-refractivity contribution is -0.143. The van der Waals surface area contributed by atoms with Crippen molar-refractivity contribution in [1.29, 1.82) is 0 Å². The zero-order valence-corrected chi connectivity index (χ0v) is 9.48. The predicted octanol–water partition coefficient (Wildman–Crippen LogP) is 0.0600. The van der Waals surface area contributed by atoms with Crippen molar-refractivity contribution in [3.05, 3.63) is 0 Å². The predicted molar refractivity (Wildman–Crippen MR) is 57.9 cm³/mol. The fraction of sp³-hybridized carbons (Fsp3) is 0.818. The molecule has 2 bridgehead atoms. The van der Waals surface area contributed by atoms with Crippen LogP contribution < -0.4 is 5.32 Å². The summed E-state index contributed by atoms with van der Waals surface area (Å²) in [5, 5.41) is 12.0. The first-order valence-electron chi connectivity index (χ1n) is 5.83. The summed E-state index contributed by atoms with van der Waals surface area (Å²) in [5.74, 6) is -0.985. The maximum atomic E-state index is 11.9. The summed E-state index contributed by atoms with van der Waals surface area (Å²) in [5.41, 5.74) is 0. The van der Waals surface area contributed by atoms with E-state index in [-0.39, 0.29) is 23.9 Å². The summed E-state index contributed by atoms with van der Waals surface area (Å²) in [6.07, 6.45) is 2.94. The van der Waals surface area contributed by atoms with Gasteiger partial charge >= 0.3 is 5.97 Å². The molecule has 2 rings (SSSR count). The van der Waals surface area contributed by atoms with Crippen LogP contribution in [-0.4, -0.2) is 47.6 Å². The molecule has 90 valence electrons.